The van der Waals surface area contributed by atoms with Crippen molar-refractivity contribution in [2.24, 2.45) is 0 Å². The average Bonchev–Trinajstić information content (AvgIpc) is 2.19. The fraction of sp³-hybridized carbons (Fsp3) is 0.333. The molecule has 0 spiro atoms. The number of nitrogens with zero attached hydrogens (tertiary/aromatic N) is 1. The van der Waals surface area contributed by atoms with E-state index in [-0.39, 0.29) is 15.1 Å². The number of aromatic nitrogens is 1. The summed E-state index contributed by atoms with van der Waals surface area (Å²) in [4.78, 5) is 14.3. The van der Waals surface area contributed by atoms with Crippen LogP contribution >= 0.6 is 22.6 Å². The van der Waals surface area contributed by atoms with E-state index >= 15 is 0 Å². The third kappa shape index (κ3) is 4.20. The fourth-order valence-electron chi connectivity index (χ4n) is 1.13. The molecule has 1 N–H and O–H groups in total. The highest BCUT2D eigenvalue weighted by molar-refractivity contribution is 14.1. The van der Waals surface area contributed by atoms with E-state index in [1.165, 1.54) is 0 Å². The van der Waals surface area contributed by atoms with Gasteiger partial charge in [0, 0.05) is 0 Å². The van der Waals surface area contributed by atoms with Crippen LogP contribution in [0.3, 0.4) is 0 Å². The molecule has 0 fully saturated rings. The molecule has 9 heteroatoms. The van der Waals surface area contributed by atoms with E-state index in [1.54, 1.807) is 22.6 Å². The Morgan fingerprint density at radius 2 is 2.17 bits per heavy atom. The van der Waals surface area contributed by atoms with Gasteiger partial charge in [-0.25, -0.2) is 4.98 Å². The summed E-state index contributed by atoms with van der Waals surface area (Å²) in [7, 11) is 1.14. The van der Waals surface area contributed by atoms with E-state index in [0.29, 0.717) is 0 Å². The van der Waals surface area contributed by atoms with E-state index in [2.05, 4.69) is 14.5 Å². The monoisotopic (exact) mass is 377 g/mol. The lowest BCUT2D eigenvalue weighted by Crippen LogP contribution is -2.18. The lowest BCUT2D eigenvalue weighted by molar-refractivity contribution is -0.275. The Bertz CT molecular complexity index is 464. The van der Waals surface area contributed by atoms with Crippen molar-refractivity contribution in [2.45, 2.75) is 12.8 Å². The zero-order chi connectivity index (χ0) is 13.9. The second-order valence-electron chi connectivity index (χ2n) is 3.06. The van der Waals surface area contributed by atoms with E-state index < -0.39 is 24.5 Å². The van der Waals surface area contributed by atoms with Gasteiger partial charge in [-0.05, 0) is 34.2 Å². The van der Waals surface area contributed by atoms with Gasteiger partial charge in [0.2, 0.25) is 0 Å². The Morgan fingerprint density at radius 1 is 1.56 bits per heavy atom. The highest BCUT2D eigenvalue weighted by atomic mass is 127. The van der Waals surface area contributed by atoms with Crippen molar-refractivity contribution >= 4 is 28.6 Å². The van der Waals surface area contributed by atoms with Crippen LogP contribution in [-0.2, 0) is 11.2 Å². The third-order valence-electron chi connectivity index (χ3n) is 1.74. The second kappa shape index (κ2) is 5.59. The molecule has 0 aliphatic carbocycles. The Kier molecular flexibility index (Phi) is 4.59. The predicted octanol–water partition coefficient (Wildman–Crippen LogP) is 2.22. The number of pyridine rings is 1. The maximum absolute atomic E-state index is 12.1. The molecule has 0 saturated carbocycles. The SMILES string of the molecule is COc1nc(I)c(CC(=O)O)cc1OC(F)(F)F. The number of carboxylic acids is 1. The number of carbonyl (C=O) groups is 1. The number of halogens is 4. The van der Waals surface area contributed by atoms with E-state index in [4.69, 9.17) is 5.11 Å². The van der Waals surface area contributed by atoms with Crippen LogP contribution in [0.25, 0.3) is 0 Å². The summed E-state index contributed by atoms with van der Waals surface area (Å²) in [6.45, 7) is 0. The molecule has 1 rings (SSSR count). The molecule has 0 aliphatic heterocycles. The number of rotatable bonds is 4. The van der Waals surface area contributed by atoms with Crippen molar-refractivity contribution in [1.29, 1.82) is 0 Å². The van der Waals surface area contributed by atoms with Gasteiger partial charge < -0.3 is 14.6 Å². The molecule has 0 aromatic carbocycles. The normalized spacial score (nSPS) is 11.2. The molecule has 1 aromatic heterocycles. The molecule has 0 amide bonds. The van der Waals surface area contributed by atoms with Crippen molar-refractivity contribution in [1.82, 2.24) is 4.98 Å². The Hall–Kier alpha value is -1.26. The third-order valence-corrected chi connectivity index (χ3v) is 2.68. The summed E-state index contributed by atoms with van der Waals surface area (Å²) in [5, 5.41) is 8.62. The van der Waals surface area contributed by atoms with Crippen LogP contribution in [0.2, 0.25) is 0 Å². The molecule has 100 valence electrons. The minimum atomic E-state index is -4.90. The van der Waals surface area contributed by atoms with Gasteiger partial charge in [-0.3, -0.25) is 4.79 Å². The molecule has 0 bridgehead atoms. The van der Waals surface area contributed by atoms with Crippen molar-refractivity contribution in [3.05, 3.63) is 15.3 Å². The maximum Gasteiger partial charge on any atom is 0.573 e. The molecule has 0 radical (unpaired) electrons. The lowest BCUT2D eigenvalue weighted by Gasteiger charge is -2.13. The molecular weight excluding hydrogens is 370 g/mol. The van der Waals surface area contributed by atoms with E-state index in [9.17, 15) is 18.0 Å². The van der Waals surface area contributed by atoms with Crippen LogP contribution < -0.4 is 9.47 Å². The molecule has 0 atom stereocenters. The number of carboxylic acid groups (broad SMARTS) is 1. The van der Waals surface area contributed by atoms with Crippen LogP contribution in [0.1, 0.15) is 5.56 Å². The summed E-state index contributed by atoms with van der Waals surface area (Å²) >= 11 is 1.71. The second-order valence-corrected chi connectivity index (χ2v) is 4.09. The largest absolute Gasteiger partial charge is 0.573 e. The number of hydrogen-bond acceptors (Lipinski definition) is 4. The molecule has 1 heterocycles. The van der Waals surface area contributed by atoms with Gasteiger partial charge in [-0.1, -0.05) is 0 Å². The first-order valence-corrected chi connectivity index (χ1v) is 5.51. The highest BCUT2D eigenvalue weighted by Gasteiger charge is 2.33. The van der Waals surface area contributed by atoms with Gasteiger partial charge in [0.15, 0.2) is 5.75 Å². The molecule has 0 aliphatic rings. The van der Waals surface area contributed by atoms with Crippen molar-refractivity contribution in [3.8, 4) is 11.6 Å². The van der Waals surface area contributed by atoms with Gasteiger partial charge in [-0.2, -0.15) is 0 Å². The molecule has 0 unspecified atom stereocenters. The number of aliphatic carboxylic acids is 1. The summed E-state index contributed by atoms with van der Waals surface area (Å²) < 4.78 is 45.0. The van der Waals surface area contributed by atoms with Crippen molar-refractivity contribution in [2.75, 3.05) is 7.11 Å². The zero-order valence-electron chi connectivity index (χ0n) is 8.92. The number of hydrogen-bond donors (Lipinski definition) is 1. The van der Waals surface area contributed by atoms with Gasteiger partial charge in [0.05, 0.1) is 13.5 Å². The van der Waals surface area contributed by atoms with Crippen LogP contribution in [0.4, 0.5) is 13.2 Å². The molecule has 1 aromatic rings. The van der Waals surface area contributed by atoms with Crippen LogP contribution in [0, 0.1) is 3.70 Å². The number of methoxy groups -OCH3 is 1. The summed E-state index contributed by atoms with van der Waals surface area (Å²) in [5.74, 6) is -2.20. The Morgan fingerprint density at radius 3 is 2.61 bits per heavy atom. The van der Waals surface area contributed by atoms with Crippen LogP contribution in [-0.4, -0.2) is 29.5 Å². The molecular formula is C9H7F3INO4. The standard InChI is InChI=1S/C9H7F3INO4/c1-17-8-5(18-9(10,11)12)2-4(3-6(15)16)7(13)14-8/h2H,3H2,1H3,(H,15,16). The van der Waals surface area contributed by atoms with Crippen LogP contribution in [0.15, 0.2) is 6.07 Å². The van der Waals surface area contributed by atoms with Crippen molar-refractivity contribution in [3.63, 3.8) is 0 Å². The zero-order valence-corrected chi connectivity index (χ0v) is 11.1. The predicted molar refractivity (Wildman–Crippen MR) is 61.5 cm³/mol. The molecule has 18 heavy (non-hydrogen) atoms. The summed E-state index contributed by atoms with van der Waals surface area (Å²) in [6.07, 6.45) is -5.36. The Labute approximate surface area is 113 Å². The van der Waals surface area contributed by atoms with Crippen molar-refractivity contribution < 1.29 is 32.5 Å². The molecule has 5 nitrogen and oxygen atoms in total. The minimum absolute atomic E-state index is 0.114. The lowest BCUT2D eigenvalue weighted by atomic mass is 10.2. The highest BCUT2D eigenvalue weighted by Crippen LogP contribution is 2.32. The minimum Gasteiger partial charge on any atom is -0.481 e. The van der Waals surface area contributed by atoms with Crippen LogP contribution in [0.5, 0.6) is 11.6 Å². The van der Waals surface area contributed by atoms with Gasteiger partial charge >= 0.3 is 12.3 Å². The maximum atomic E-state index is 12.1. The number of ether oxygens (including phenoxy) is 2. The quantitative estimate of drug-likeness (QED) is 0.644. The summed E-state index contributed by atoms with van der Waals surface area (Å²) in [5.41, 5.74) is 0.114. The first-order chi connectivity index (χ1) is 8.23. The molecule has 0 saturated heterocycles. The first-order valence-electron chi connectivity index (χ1n) is 4.44. The average molecular weight is 377 g/mol. The number of alkyl halides is 3. The topological polar surface area (TPSA) is 68.7 Å². The van der Waals surface area contributed by atoms with E-state index in [0.717, 1.165) is 13.2 Å². The smallest absolute Gasteiger partial charge is 0.481 e. The van der Waals surface area contributed by atoms with Gasteiger partial charge in [0.1, 0.15) is 3.70 Å². The fourth-order valence-corrected chi connectivity index (χ4v) is 1.69. The van der Waals surface area contributed by atoms with E-state index in [1.807, 2.05) is 0 Å². The Balaban J connectivity index is 3.17. The van der Waals surface area contributed by atoms with Gasteiger partial charge in [0.25, 0.3) is 5.88 Å². The summed E-state index contributed by atoms with van der Waals surface area (Å²) in [6, 6.07) is 0.954. The van der Waals surface area contributed by atoms with Gasteiger partial charge in [-0.15, -0.1) is 13.2 Å². The first kappa shape index (κ1) is 14.8.